The van der Waals surface area contributed by atoms with Crippen molar-refractivity contribution < 1.29 is 4.39 Å². The zero-order valence-corrected chi connectivity index (χ0v) is 12.1. The van der Waals surface area contributed by atoms with E-state index in [1.54, 1.807) is 22.7 Å². The van der Waals surface area contributed by atoms with Gasteiger partial charge in [-0.05, 0) is 71.5 Å². The minimum Gasteiger partial charge on any atom is -0.255 e. The third kappa shape index (κ3) is 7.29. The van der Waals surface area contributed by atoms with Crippen molar-refractivity contribution in [3.8, 4) is 0 Å². The van der Waals surface area contributed by atoms with Crippen molar-refractivity contribution >= 4 is 22.7 Å². The van der Waals surface area contributed by atoms with Crippen LogP contribution < -0.4 is 0 Å². The number of halogens is 1. The Morgan fingerprint density at radius 1 is 0.647 bits per heavy atom. The van der Waals surface area contributed by atoms with Crippen LogP contribution in [-0.4, -0.2) is 7.18 Å². The van der Waals surface area contributed by atoms with E-state index in [9.17, 15) is 4.39 Å². The highest BCUT2D eigenvalue weighted by Crippen LogP contribution is 2.11. The van der Waals surface area contributed by atoms with Crippen LogP contribution in [-0.2, 0) is 0 Å². The summed E-state index contributed by atoms with van der Waals surface area (Å²) in [7, 11) is 0.500. The van der Waals surface area contributed by atoms with Crippen molar-refractivity contribution in [3.63, 3.8) is 0 Å². The first-order chi connectivity index (χ1) is 7.61. The van der Waals surface area contributed by atoms with E-state index < -0.39 is 0 Å². The Hall–Kier alpha value is -0.670. The fourth-order valence-electron chi connectivity index (χ4n) is 0.848. The molecule has 0 nitrogen and oxygen atoms in total. The van der Waals surface area contributed by atoms with Crippen LogP contribution in [0.25, 0.3) is 0 Å². The van der Waals surface area contributed by atoms with Crippen molar-refractivity contribution in [2.45, 2.75) is 35.1 Å². The molecule has 0 atom stereocenters. The molecule has 0 aliphatic carbocycles. The maximum Gasteiger partial charge on any atom is 0.0785 e. The van der Waals surface area contributed by atoms with Crippen LogP contribution >= 0.6 is 22.7 Å². The first-order valence-electron chi connectivity index (χ1n) is 4.98. The van der Waals surface area contributed by atoms with Gasteiger partial charge in [0.15, 0.2) is 0 Å². The molecule has 0 saturated heterocycles. The van der Waals surface area contributed by atoms with Crippen LogP contribution in [0.5, 0.6) is 0 Å². The summed E-state index contributed by atoms with van der Waals surface area (Å²) in [5.74, 6) is 0. The molecule has 2 heterocycles. The Kier molecular flexibility index (Phi) is 11.5. The van der Waals surface area contributed by atoms with Crippen LogP contribution in [0.2, 0.25) is 0 Å². The second kappa shape index (κ2) is 10.5. The molecule has 2 aromatic rings. The quantitative estimate of drug-likeness (QED) is 0.556. The molecule has 0 N–H and O–H groups in total. The van der Waals surface area contributed by atoms with Gasteiger partial charge in [-0.25, -0.2) is 0 Å². The number of aryl methyl sites for hydroxylation is 4. The SMILES string of the molecule is C.CF.Cc1cscc1C.Cc1cscc1C. The number of hydrogen-bond donors (Lipinski definition) is 0. The van der Waals surface area contributed by atoms with Crippen molar-refractivity contribution in [2.24, 2.45) is 0 Å². The van der Waals surface area contributed by atoms with E-state index >= 15 is 0 Å². The van der Waals surface area contributed by atoms with Crippen molar-refractivity contribution in [2.75, 3.05) is 7.18 Å². The highest BCUT2D eigenvalue weighted by atomic mass is 32.1. The predicted molar refractivity (Wildman–Crippen MR) is 81.3 cm³/mol. The average molecular weight is 274 g/mol. The molecule has 0 fully saturated rings. The van der Waals surface area contributed by atoms with Crippen LogP contribution in [0, 0.1) is 27.7 Å². The van der Waals surface area contributed by atoms with Gasteiger partial charge in [0.25, 0.3) is 0 Å². The lowest BCUT2D eigenvalue weighted by Crippen LogP contribution is -1.63. The largest absolute Gasteiger partial charge is 0.255 e. The van der Waals surface area contributed by atoms with Gasteiger partial charge in [-0.2, -0.15) is 22.7 Å². The number of alkyl halides is 1. The Balaban J connectivity index is 0. The maximum absolute atomic E-state index is 9.50. The van der Waals surface area contributed by atoms with E-state index in [0.717, 1.165) is 0 Å². The molecule has 0 saturated carbocycles. The fraction of sp³-hybridized carbons (Fsp3) is 0.429. The van der Waals surface area contributed by atoms with Gasteiger partial charge in [-0.3, -0.25) is 4.39 Å². The summed E-state index contributed by atoms with van der Waals surface area (Å²) in [4.78, 5) is 0. The molecular formula is C14H23FS2. The Morgan fingerprint density at radius 3 is 0.882 bits per heavy atom. The van der Waals surface area contributed by atoms with E-state index in [2.05, 4.69) is 49.2 Å². The zero-order valence-electron chi connectivity index (χ0n) is 10.5. The van der Waals surface area contributed by atoms with Crippen molar-refractivity contribution in [1.82, 2.24) is 0 Å². The van der Waals surface area contributed by atoms with Gasteiger partial charge in [-0.1, -0.05) is 7.43 Å². The predicted octanol–water partition coefficient (Wildman–Crippen LogP) is 5.95. The van der Waals surface area contributed by atoms with E-state index in [0.29, 0.717) is 7.18 Å². The molecule has 0 aromatic carbocycles. The topological polar surface area (TPSA) is 0 Å². The molecule has 0 spiro atoms. The zero-order chi connectivity index (χ0) is 12.6. The van der Waals surface area contributed by atoms with Gasteiger partial charge in [0, 0.05) is 0 Å². The third-order valence-electron chi connectivity index (χ3n) is 2.22. The van der Waals surface area contributed by atoms with Gasteiger partial charge >= 0.3 is 0 Å². The molecular weight excluding hydrogens is 251 g/mol. The molecule has 0 bridgehead atoms. The minimum atomic E-state index is 0. The summed E-state index contributed by atoms with van der Waals surface area (Å²) in [6.45, 7) is 8.52. The summed E-state index contributed by atoms with van der Waals surface area (Å²) in [5.41, 5.74) is 5.63. The second-order valence-corrected chi connectivity index (χ2v) is 4.96. The van der Waals surface area contributed by atoms with E-state index in [1.807, 2.05) is 0 Å². The molecule has 0 aliphatic heterocycles. The maximum atomic E-state index is 9.50. The lowest BCUT2D eigenvalue weighted by molar-refractivity contribution is 0.636. The van der Waals surface area contributed by atoms with Crippen LogP contribution in [0.1, 0.15) is 29.7 Å². The van der Waals surface area contributed by atoms with Gasteiger partial charge in [0.2, 0.25) is 0 Å². The number of rotatable bonds is 0. The molecule has 3 heteroatoms. The summed E-state index contributed by atoms with van der Waals surface area (Å²) in [6, 6.07) is 0. The molecule has 0 aliphatic rings. The van der Waals surface area contributed by atoms with Gasteiger partial charge in [-0.15, -0.1) is 0 Å². The van der Waals surface area contributed by atoms with Crippen LogP contribution in [0.4, 0.5) is 4.39 Å². The summed E-state index contributed by atoms with van der Waals surface area (Å²) in [6.07, 6.45) is 0. The Morgan fingerprint density at radius 2 is 0.824 bits per heavy atom. The summed E-state index contributed by atoms with van der Waals surface area (Å²) >= 11 is 3.53. The normalized spacial score (nSPS) is 8.12. The first kappa shape index (κ1) is 18.7. The molecule has 0 amide bonds. The van der Waals surface area contributed by atoms with E-state index in [4.69, 9.17) is 0 Å². The lowest BCUT2D eigenvalue weighted by Gasteiger charge is -1.79. The van der Waals surface area contributed by atoms with Crippen molar-refractivity contribution in [1.29, 1.82) is 0 Å². The van der Waals surface area contributed by atoms with Gasteiger partial charge < -0.3 is 0 Å². The second-order valence-electron chi connectivity index (χ2n) is 3.48. The molecule has 0 radical (unpaired) electrons. The Bertz CT molecular complexity index is 317. The van der Waals surface area contributed by atoms with Crippen LogP contribution in [0.3, 0.4) is 0 Å². The minimum absolute atomic E-state index is 0. The van der Waals surface area contributed by atoms with Crippen LogP contribution in [0.15, 0.2) is 21.5 Å². The van der Waals surface area contributed by atoms with Crippen molar-refractivity contribution in [3.05, 3.63) is 43.8 Å². The summed E-state index contributed by atoms with van der Waals surface area (Å²) < 4.78 is 9.50. The van der Waals surface area contributed by atoms with Gasteiger partial charge in [0.1, 0.15) is 0 Å². The molecule has 2 rings (SSSR count). The number of thiophene rings is 2. The third-order valence-corrected chi connectivity index (χ3v) is 4.18. The monoisotopic (exact) mass is 274 g/mol. The highest BCUT2D eigenvalue weighted by molar-refractivity contribution is 7.08. The number of hydrogen-bond acceptors (Lipinski definition) is 2. The average Bonchev–Trinajstić information content (AvgIpc) is 2.83. The standard InChI is InChI=1S/2C6H8S.CH3F.CH4/c2*1-5-3-7-4-6(5)2;1-2;/h2*3-4H,1-2H3;1H3;1H4. The first-order valence-corrected chi connectivity index (χ1v) is 6.86. The fourth-order valence-corrected chi connectivity index (χ4v) is 2.54. The molecule has 98 valence electrons. The summed E-state index contributed by atoms with van der Waals surface area (Å²) in [5, 5.41) is 8.65. The molecule has 2 aromatic heterocycles. The smallest absolute Gasteiger partial charge is 0.0785 e. The van der Waals surface area contributed by atoms with Gasteiger partial charge in [0.05, 0.1) is 7.18 Å². The van der Waals surface area contributed by atoms with E-state index in [-0.39, 0.29) is 7.43 Å². The molecule has 17 heavy (non-hydrogen) atoms. The Labute approximate surface area is 113 Å². The highest BCUT2D eigenvalue weighted by Gasteiger charge is 1.87. The van der Waals surface area contributed by atoms with E-state index in [1.165, 1.54) is 22.3 Å². The molecule has 0 unspecified atom stereocenters. The lowest BCUT2D eigenvalue weighted by atomic mass is 10.2.